The lowest BCUT2D eigenvalue weighted by atomic mass is 9.93. The maximum Gasteiger partial charge on any atom is 0.130 e. The van der Waals surface area contributed by atoms with Gasteiger partial charge in [0.05, 0.1) is 6.10 Å². The van der Waals surface area contributed by atoms with Crippen molar-refractivity contribution < 1.29 is 9.50 Å². The van der Waals surface area contributed by atoms with Crippen LogP contribution in [0, 0.1) is 26.6 Å². The van der Waals surface area contributed by atoms with Gasteiger partial charge in [0.15, 0.2) is 0 Å². The summed E-state index contributed by atoms with van der Waals surface area (Å²) >= 11 is 5.73. The molecule has 106 valence electrons. The summed E-state index contributed by atoms with van der Waals surface area (Å²) in [5, 5.41) is 10.6. The fraction of sp³-hybridized carbons (Fsp3) is 0.294. The van der Waals surface area contributed by atoms with Gasteiger partial charge in [0.1, 0.15) is 5.82 Å². The highest BCUT2D eigenvalue weighted by Crippen LogP contribution is 2.26. The molecule has 0 bridgehead atoms. The monoisotopic (exact) mass is 292 g/mol. The first-order chi connectivity index (χ1) is 9.38. The molecule has 20 heavy (non-hydrogen) atoms. The van der Waals surface area contributed by atoms with Crippen LogP contribution in [0.4, 0.5) is 4.39 Å². The third-order valence-corrected chi connectivity index (χ3v) is 3.79. The third-order valence-electron chi connectivity index (χ3n) is 3.56. The third kappa shape index (κ3) is 3.20. The molecule has 0 heterocycles. The Morgan fingerprint density at radius 1 is 1.10 bits per heavy atom. The number of halogens is 2. The number of rotatable bonds is 3. The highest BCUT2D eigenvalue weighted by molar-refractivity contribution is 6.30. The van der Waals surface area contributed by atoms with E-state index in [2.05, 4.69) is 12.1 Å². The van der Waals surface area contributed by atoms with Crippen LogP contribution in [0.1, 0.15) is 33.9 Å². The molecule has 1 nitrogen and oxygen atoms in total. The van der Waals surface area contributed by atoms with Gasteiger partial charge in [-0.2, -0.15) is 0 Å². The average molecular weight is 293 g/mol. The van der Waals surface area contributed by atoms with Crippen LogP contribution < -0.4 is 0 Å². The van der Waals surface area contributed by atoms with E-state index in [1.165, 1.54) is 11.6 Å². The van der Waals surface area contributed by atoms with E-state index in [1.807, 2.05) is 20.8 Å². The van der Waals surface area contributed by atoms with E-state index >= 15 is 0 Å². The molecule has 0 aliphatic carbocycles. The van der Waals surface area contributed by atoms with E-state index in [1.54, 1.807) is 12.1 Å². The Bertz CT molecular complexity index is 614. The van der Waals surface area contributed by atoms with Crippen LogP contribution in [0.2, 0.25) is 5.02 Å². The largest absolute Gasteiger partial charge is 0.388 e. The van der Waals surface area contributed by atoms with Crippen molar-refractivity contribution in [1.82, 2.24) is 0 Å². The van der Waals surface area contributed by atoms with Crippen molar-refractivity contribution in [2.45, 2.75) is 33.3 Å². The molecule has 2 aromatic carbocycles. The van der Waals surface area contributed by atoms with Crippen LogP contribution in [0.3, 0.4) is 0 Å². The Morgan fingerprint density at radius 2 is 1.70 bits per heavy atom. The second-order valence-electron chi connectivity index (χ2n) is 5.26. The Hall–Kier alpha value is -1.38. The van der Waals surface area contributed by atoms with Crippen molar-refractivity contribution in [2.75, 3.05) is 0 Å². The van der Waals surface area contributed by atoms with Crippen LogP contribution in [-0.4, -0.2) is 5.11 Å². The van der Waals surface area contributed by atoms with Gasteiger partial charge < -0.3 is 5.11 Å². The minimum absolute atomic E-state index is 0.286. The van der Waals surface area contributed by atoms with Gasteiger partial charge in [-0.3, -0.25) is 0 Å². The summed E-state index contributed by atoms with van der Waals surface area (Å²) in [4.78, 5) is 0. The van der Waals surface area contributed by atoms with Crippen molar-refractivity contribution in [3.63, 3.8) is 0 Å². The molecule has 3 heteroatoms. The molecule has 1 N–H and O–H groups in total. The molecule has 0 radical (unpaired) electrons. The van der Waals surface area contributed by atoms with Gasteiger partial charge in [-0.15, -0.1) is 0 Å². The molecule has 0 saturated carbocycles. The van der Waals surface area contributed by atoms with Crippen molar-refractivity contribution >= 4 is 11.6 Å². The average Bonchev–Trinajstić information content (AvgIpc) is 2.33. The van der Waals surface area contributed by atoms with Crippen molar-refractivity contribution in [1.29, 1.82) is 0 Å². The molecule has 1 unspecified atom stereocenters. The minimum atomic E-state index is -0.868. The quantitative estimate of drug-likeness (QED) is 0.871. The first-order valence-corrected chi connectivity index (χ1v) is 6.96. The summed E-state index contributed by atoms with van der Waals surface area (Å²) in [6, 6.07) is 8.52. The van der Waals surface area contributed by atoms with E-state index in [4.69, 9.17) is 11.6 Å². The molecule has 0 aliphatic rings. The summed E-state index contributed by atoms with van der Waals surface area (Å²) in [5.41, 5.74) is 4.79. The van der Waals surface area contributed by atoms with E-state index < -0.39 is 11.9 Å². The van der Waals surface area contributed by atoms with Crippen LogP contribution >= 0.6 is 11.6 Å². The van der Waals surface area contributed by atoms with Gasteiger partial charge >= 0.3 is 0 Å². The number of aliphatic hydroxyl groups excluding tert-OH is 1. The normalized spacial score (nSPS) is 12.5. The molecular weight excluding hydrogens is 275 g/mol. The Morgan fingerprint density at radius 3 is 2.25 bits per heavy atom. The summed E-state index contributed by atoms with van der Waals surface area (Å²) in [6.45, 7) is 6.07. The number of aryl methyl sites for hydroxylation is 3. The topological polar surface area (TPSA) is 20.2 Å². The van der Waals surface area contributed by atoms with Gasteiger partial charge in [0, 0.05) is 17.0 Å². The zero-order valence-corrected chi connectivity index (χ0v) is 12.6. The van der Waals surface area contributed by atoms with Gasteiger partial charge in [-0.05, 0) is 49.6 Å². The molecule has 2 rings (SSSR count). The van der Waals surface area contributed by atoms with Crippen molar-refractivity contribution in [2.24, 2.45) is 0 Å². The smallest absolute Gasteiger partial charge is 0.130 e. The van der Waals surface area contributed by atoms with E-state index in [-0.39, 0.29) is 5.56 Å². The number of benzene rings is 2. The molecule has 1 atom stereocenters. The molecule has 0 aromatic heterocycles. The van der Waals surface area contributed by atoms with Crippen molar-refractivity contribution in [3.05, 3.63) is 69.0 Å². The second-order valence-corrected chi connectivity index (χ2v) is 5.70. The summed E-state index contributed by atoms with van der Waals surface area (Å²) in [7, 11) is 0. The molecule has 0 fully saturated rings. The van der Waals surface area contributed by atoms with Gasteiger partial charge in [-0.1, -0.05) is 35.4 Å². The zero-order valence-electron chi connectivity index (χ0n) is 11.9. The highest BCUT2D eigenvalue weighted by Gasteiger charge is 2.16. The first kappa shape index (κ1) is 15.0. The second kappa shape index (κ2) is 5.94. The Kier molecular flexibility index (Phi) is 4.46. The predicted molar refractivity (Wildman–Crippen MR) is 80.7 cm³/mol. The van der Waals surface area contributed by atoms with Gasteiger partial charge in [0.25, 0.3) is 0 Å². The lowest BCUT2D eigenvalue weighted by Crippen LogP contribution is -2.07. The molecule has 0 aliphatic heterocycles. The predicted octanol–water partition coefficient (Wildman–Crippen LogP) is 4.68. The summed E-state index contributed by atoms with van der Waals surface area (Å²) in [5.74, 6) is -0.465. The van der Waals surface area contributed by atoms with Crippen molar-refractivity contribution in [3.8, 4) is 0 Å². The maximum absolute atomic E-state index is 13.8. The lowest BCUT2D eigenvalue weighted by Gasteiger charge is -2.16. The first-order valence-electron chi connectivity index (χ1n) is 6.58. The minimum Gasteiger partial charge on any atom is -0.388 e. The lowest BCUT2D eigenvalue weighted by molar-refractivity contribution is 0.173. The van der Waals surface area contributed by atoms with Crippen LogP contribution in [0.5, 0.6) is 0 Å². The zero-order chi connectivity index (χ0) is 14.9. The van der Waals surface area contributed by atoms with Crippen LogP contribution in [0.15, 0.2) is 30.3 Å². The molecule has 0 spiro atoms. The van der Waals surface area contributed by atoms with E-state index in [0.717, 1.165) is 16.7 Å². The molecule has 0 saturated heterocycles. The standard InChI is InChI=1S/C17H18ClFO/c1-10-6-11(2)15(12(3)7-10)9-17(20)14-5-4-13(18)8-16(14)19/h4-8,17,20H,9H2,1-3H3. The summed E-state index contributed by atoms with van der Waals surface area (Å²) < 4.78 is 13.8. The van der Waals surface area contributed by atoms with Crippen LogP contribution in [0.25, 0.3) is 0 Å². The number of hydrogen-bond acceptors (Lipinski definition) is 1. The highest BCUT2D eigenvalue weighted by atomic mass is 35.5. The fourth-order valence-corrected chi connectivity index (χ4v) is 2.77. The summed E-state index contributed by atoms with van der Waals surface area (Å²) in [6.07, 6.45) is -0.469. The number of hydrogen-bond donors (Lipinski definition) is 1. The maximum atomic E-state index is 13.8. The fourth-order valence-electron chi connectivity index (χ4n) is 2.61. The Labute approximate surface area is 124 Å². The Balaban J connectivity index is 2.30. The molecule has 2 aromatic rings. The molecular formula is C17H18ClFO. The molecule has 0 amide bonds. The van der Waals surface area contributed by atoms with Crippen LogP contribution in [-0.2, 0) is 6.42 Å². The van der Waals surface area contributed by atoms with Gasteiger partial charge in [-0.25, -0.2) is 4.39 Å². The SMILES string of the molecule is Cc1cc(C)c(CC(O)c2ccc(Cl)cc2F)c(C)c1. The van der Waals surface area contributed by atoms with E-state index in [0.29, 0.717) is 11.4 Å². The number of aliphatic hydroxyl groups is 1. The van der Waals surface area contributed by atoms with Gasteiger partial charge in [0.2, 0.25) is 0 Å². The van der Waals surface area contributed by atoms with E-state index in [9.17, 15) is 9.50 Å².